The van der Waals surface area contributed by atoms with Gasteiger partial charge in [-0.3, -0.25) is 14.8 Å². The summed E-state index contributed by atoms with van der Waals surface area (Å²) in [7, 11) is -4.25. The molecule has 0 bridgehead atoms. The lowest BCUT2D eigenvalue weighted by molar-refractivity contribution is -0.385. The van der Waals surface area contributed by atoms with Gasteiger partial charge in [0.15, 0.2) is 5.69 Å². The monoisotopic (exact) mass is 419 g/mol. The highest BCUT2D eigenvalue weighted by molar-refractivity contribution is 7.89. The Bertz CT molecular complexity index is 1010. The van der Waals surface area contributed by atoms with Crippen molar-refractivity contribution in [1.82, 2.24) is 9.78 Å². The molecule has 2 heterocycles. The molecule has 1 aromatic heterocycles. The van der Waals surface area contributed by atoms with Crippen molar-refractivity contribution in [2.24, 2.45) is 5.14 Å². The van der Waals surface area contributed by atoms with Gasteiger partial charge in [-0.2, -0.15) is 18.3 Å². The summed E-state index contributed by atoms with van der Waals surface area (Å²) in [4.78, 5) is 11.4. The van der Waals surface area contributed by atoms with Crippen LogP contribution in [0.2, 0.25) is 0 Å². The third-order valence-corrected chi connectivity index (χ3v) is 5.41. The van der Waals surface area contributed by atoms with Crippen LogP contribution in [0.25, 0.3) is 0 Å². The topological polar surface area (TPSA) is 124 Å². The zero-order valence-electron chi connectivity index (χ0n) is 14.3. The molecule has 2 aromatic rings. The number of nitro benzene ring substituents is 1. The minimum absolute atomic E-state index is 0.168. The molecule has 0 aliphatic carbocycles. The fourth-order valence-corrected chi connectivity index (χ4v) is 3.96. The van der Waals surface area contributed by atoms with Gasteiger partial charge in [-0.25, -0.2) is 13.6 Å². The Hall–Kier alpha value is -2.67. The van der Waals surface area contributed by atoms with Gasteiger partial charge in [-0.05, 0) is 25.0 Å². The molecule has 1 aromatic carbocycles. The first-order chi connectivity index (χ1) is 13.0. The van der Waals surface area contributed by atoms with Crippen LogP contribution in [-0.4, -0.2) is 36.2 Å². The van der Waals surface area contributed by atoms with E-state index in [1.54, 1.807) is 4.90 Å². The summed E-state index contributed by atoms with van der Waals surface area (Å²) in [5.74, 6) is 0. The van der Waals surface area contributed by atoms with Gasteiger partial charge in [0.2, 0.25) is 10.0 Å². The normalized spacial score (nSPS) is 18.3. The van der Waals surface area contributed by atoms with Crippen molar-refractivity contribution in [3.8, 4) is 0 Å². The van der Waals surface area contributed by atoms with Crippen LogP contribution < -0.4 is 10.0 Å². The fraction of sp³-hybridized carbons (Fsp3) is 0.400. The maximum Gasteiger partial charge on any atom is 0.435 e. The molecule has 3 rings (SSSR count). The van der Waals surface area contributed by atoms with Crippen molar-refractivity contribution >= 4 is 21.4 Å². The van der Waals surface area contributed by atoms with Crippen LogP contribution in [0.4, 0.5) is 24.5 Å². The maximum atomic E-state index is 12.8. The van der Waals surface area contributed by atoms with Gasteiger partial charge in [0.25, 0.3) is 5.69 Å². The van der Waals surface area contributed by atoms with Crippen LogP contribution >= 0.6 is 0 Å². The molecule has 9 nitrogen and oxygen atoms in total. The average molecular weight is 419 g/mol. The summed E-state index contributed by atoms with van der Waals surface area (Å²) in [6.07, 6.45) is -2.22. The highest BCUT2D eigenvalue weighted by Crippen LogP contribution is 2.34. The van der Waals surface area contributed by atoms with E-state index in [1.165, 1.54) is 16.9 Å². The van der Waals surface area contributed by atoms with Gasteiger partial charge in [0, 0.05) is 31.4 Å². The van der Waals surface area contributed by atoms with E-state index in [0.717, 1.165) is 18.2 Å². The number of nitro groups is 1. The van der Waals surface area contributed by atoms with Crippen molar-refractivity contribution in [2.75, 3.05) is 18.0 Å². The lowest BCUT2D eigenvalue weighted by Crippen LogP contribution is -2.38. The van der Waals surface area contributed by atoms with E-state index in [0.29, 0.717) is 19.4 Å². The van der Waals surface area contributed by atoms with Crippen molar-refractivity contribution < 1.29 is 26.5 Å². The predicted octanol–water partition coefficient (Wildman–Crippen LogP) is 2.30. The number of benzene rings is 1. The number of hydrogen-bond donors (Lipinski definition) is 1. The van der Waals surface area contributed by atoms with E-state index in [1.807, 2.05) is 0 Å². The molecule has 28 heavy (non-hydrogen) atoms. The average Bonchev–Trinajstić information content (AvgIpc) is 3.11. The Morgan fingerprint density at radius 3 is 2.57 bits per heavy atom. The second-order valence-electron chi connectivity index (χ2n) is 6.37. The SMILES string of the molecule is NS(=O)(=O)c1cc([N+](=O)[O-])ccc1N1CCCC(n2ccc(C(F)(F)F)n2)C1. The molecule has 0 spiro atoms. The van der Waals surface area contributed by atoms with Gasteiger partial charge in [-0.15, -0.1) is 0 Å². The Balaban J connectivity index is 1.92. The Morgan fingerprint density at radius 2 is 2.00 bits per heavy atom. The summed E-state index contributed by atoms with van der Waals surface area (Å²) in [6, 6.07) is 3.77. The summed E-state index contributed by atoms with van der Waals surface area (Å²) < 4.78 is 63.4. The van der Waals surface area contributed by atoms with Gasteiger partial charge in [-0.1, -0.05) is 0 Å². The summed E-state index contributed by atoms with van der Waals surface area (Å²) in [5, 5.41) is 19.7. The highest BCUT2D eigenvalue weighted by Gasteiger charge is 2.35. The standard InChI is InChI=1S/C15H16F3N5O4S/c16-15(17,18)14-5-7-22(20-14)11-2-1-6-21(9-11)12-4-3-10(23(24)25)8-13(12)28(19,26)27/h3-5,7-8,11H,1-2,6,9H2,(H2,19,26,27). The second-order valence-corrected chi connectivity index (χ2v) is 7.90. The van der Waals surface area contributed by atoms with Gasteiger partial charge < -0.3 is 4.90 Å². The lowest BCUT2D eigenvalue weighted by Gasteiger charge is -2.35. The number of hydrogen-bond acceptors (Lipinski definition) is 6. The fourth-order valence-electron chi connectivity index (χ4n) is 3.19. The van der Waals surface area contributed by atoms with E-state index in [4.69, 9.17) is 5.14 Å². The van der Waals surface area contributed by atoms with Gasteiger partial charge in [0.1, 0.15) is 4.90 Å². The molecule has 0 amide bonds. The van der Waals surface area contributed by atoms with Crippen molar-refractivity contribution in [1.29, 1.82) is 0 Å². The first-order valence-electron chi connectivity index (χ1n) is 8.15. The number of aromatic nitrogens is 2. The zero-order valence-corrected chi connectivity index (χ0v) is 15.2. The second kappa shape index (κ2) is 7.05. The number of non-ortho nitro benzene ring substituents is 1. The molecule has 1 atom stereocenters. The number of nitrogens with two attached hydrogens (primary N) is 1. The van der Waals surface area contributed by atoms with Crippen molar-refractivity contribution in [3.63, 3.8) is 0 Å². The number of alkyl halides is 3. The summed E-state index contributed by atoms with van der Waals surface area (Å²) in [6.45, 7) is 0.601. The molecule has 2 N–H and O–H groups in total. The minimum Gasteiger partial charge on any atom is -0.368 e. The quantitative estimate of drug-likeness (QED) is 0.599. The Kier molecular flexibility index (Phi) is 5.06. The van der Waals surface area contributed by atoms with Gasteiger partial charge in [0.05, 0.1) is 16.7 Å². The van der Waals surface area contributed by atoms with Crippen molar-refractivity contribution in [2.45, 2.75) is 30.0 Å². The third-order valence-electron chi connectivity index (χ3n) is 4.47. The van der Waals surface area contributed by atoms with Crippen LogP contribution in [0.5, 0.6) is 0 Å². The summed E-state index contributed by atoms with van der Waals surface area (Å²) in [5.41, 5.74) is -1.27. The summed E-state index contributed by atoms with van der Waals surface area (Å²) >= 11 is 0. The molecule has 1 saturated heterocycles. The molecule has 152 valence electrons. The van der Waals surface area contributed by atoms with E-state index in [-0.39, 0.29) is 12.2 Å². The number of nitrogens with zero attached hydrogens (tertiary/aromatic N) is 4. The number of halogens is 3. The number of anilines is 1. The van der Waals surface area contributed by atoms with Crippen LogP contribution in [-0.2, 0) is 16.2 Å². The first kappa shape index (κ1) is 20.1. The largest absolute Gasteiger partial charge is 0.435 e. The lowest BCUT2D eigenvalue weighted by atomic mass is 10.0. The number of rotatable bonds is 4. The molecule has 1 unspecified atom stereocenters. The van der Waals surface area contributed by atoms with Crippen LogP contribution in [0.3, 0.4) is 0 Å². The van der Waals surface area contributed by atoms with Crippen molar-refractivity contribution in [3.05, 3.63) is 46.3 Å². The molecule has 0 radical (unpaired) electrons. The molecule has 1 fully saturated rings. The molecule has 13 heteroatoms. The van der Waals surface area contributed by atoms with Crippen LogP contribution in [0, 0.1) is 10.1 Å². The Labute approximate surface area is 157 Å². The third kappa shape index (κ3) is 4.09. The van der Waals surface area contributed by atoms with E-state index in [2.05, 4.69) is 5.10 Å². The number of primary sulfonamides is 1. The first-order valence-corrected chi connectivity index (χ1v) is 9.70. The minimum atomic E-state index is -4.56. The van der Waals surface area contributed by atoms with E-state index in [9.17, 15) is 31.7 Å². The van der Waals surface area contributed by atoms with E-state index < -0.39 is 43.4 Å². The predicted molar refractivity (Wildman–Crippen MR) is 92.2 cm³/mol. The molecule has 1 aliphatic rings. The molecule has 1 aliphatic heterocycles. The smallest absolute Gasteiger partial charge is 0.368 e. The van der Waals surface area contributed by atoms with Crippen LogP contribution in [0.15, 0.2) is 35.4 Å². The molecule has 0 saturated carbocycles. The molecular weight excluding hydrogens is 403 g/mol. The van der Waals surface area contributed by atoms with Crippen LogP contribution in [0.1, 0.15) is 24.6 Å². The highest BCUT2D eigenvalue weighted by atomic mass is 32.2. The number of sulfonamides is 1. The number of piperidine rings is 1. The maximum absolute atomic E-state index is 12.8. The van der Waals surface area contributed by atoms with E-state index >= 15 is 0 Å². The Morgan fingerprint density at radius 1 is 1.29 bits per heavy atom. The zero-order chi connectivity index (χ0) is 20.7. The van der Waals surface area contributed by atoms with Gasteiger partial charge >= 0.3 is 6.18 Å². The molecular formula is C15H16F3N5O4S.